The molecule has 0 radical (unpaired) electrons. The minimum absolute atomic E-state index is 0.104. The highest BCUT2D eigenvalue weighted by molar-refractivity contribution is 9.10. The van der Waals surface area contributed by atoms with Gasteiger partial charge in [-0.2, -0.15) is 0 Å². The second kappa shape index (κ2) is 7.12. The summed E-state index contributed by atoms with van der Waals surface area (Å²) in [4.78, 5) is 0. The van der Waals surface area contributed by atoms with Crippen molar-refractivity contribution in [2.45, 2.75) is 32.2 Å². The second-order valence-corrected chi connectivity index (χ2v) is 5.26. The minimum atomic E-state index is -0.104. The van der Waals surface area contributed by atoms with Crippen molar-refractivity contribution in [3.8, 4) is 11.5 Å². The first-order valence-corrected chi connectivity index (χ1v) is 7.17. The topological polar surface area (TPSA) is 36.9 Å². The van der Waals surface area contributed by atoms with Crippen LogP contribution in [0.25, 0.3) is 0 Å². The summed E-state index contributed by atoms with van der Waals surface area (Å²) >= 11 is 3.44. The van der Waals surface area contributed by atoms with Gasteiger partial charge in [-0.3, -0.25) is 0 Å². The fourth-order valence-electron chi connectivity index (χ4n) is 2.06. The minimum Gasteiger partial charge on any atom is -0.496 e. The molecule has 1 heterocycles. The molecule has 1 aromatic rings. The van der Waals surface area contributed by atoms with Gasteiger partial charge in [0.15, 0.2) is 6.29 Å². The molecule has 0 bridgehead atoms. The van der Waals surface area contributed by atoms with Crippen molar-refractivity contribution >= 4 is 15.9 Å². The fraction of sp³-hybridized carbons (Fsp3) is 0.571. The number of ether oxygens (including phenoxy) is 4. The summed E-state index contributed by atoms with van der Waals surface area (Å²) in [5.41, 5.74) is 0.955. The molecule has 0 unspecified atom stereocenters. The van der Waals surface area contributed by atoms with Crippen LogP contribution in [0.1, 0.15) is 24.8 Å². The van der Waals surface area contributed by atoms with Gasteiger partial charge < -0.3 is 18.9 Å². The standard InChI is InChI=1S/C14H19BrO4/c1-16-12-8-11(15)13(17-2)7-10(12)9-19-14-5-3-4-6-18-14/h7-8,14H,3-6,9H2,1-2H3/t14-/m1/s1. The molecular weight excluding hydrogens is 312 g/mol. The zero-order valence-electron chi connectivity index (χ0n) is 11.3. The number of hydrogen-bond donors (Lipinski definition) is 0. The van der Waals surface area contributed by atoms with Crippen LogP contribution in [-0.2, 0) is 16.1 Å². The van der Waals surface area contributed by atoms with E-state index in [2.05, 4.69) is 15.9 Å². The lowest BCUT2D eigenvalue weighted by atomic mass is 10.2. The Morgan fingerprint density at radius 1 is 1.21 bits per heavy atom. The van der Waals surface area contributed by atoms with Gasteiger partial charge in [0.2, 0.25) is 0 Å². The SMILES string of the molecule is COc1cc(CO[C@@H]2CCCCO2)c(OC)cc1Br. The van der Waals surface area contributed by atoms with Crippen LogP contribution in [0.2, 0.25) is 0 Å². The molecule has 1 atom stereocenters. The molecule has 1 aliphatic rings. The number of methoxy groups -OCH3 is 2. The van der Waals surface area contributed by atoms with Gasteiger partial charge in [-0.1, -0.05) is 0 Å². The smallest absolute Gasteiger partial charge is 0.158 e. The van der Waals surface area contributed by atoms with E-state index in [1.54, 1.807) is 14.2 Å². The van der Waals surface area contributed by atoms with Gasteiger partial charge in [0.25, 0.3) is 0 Å². The Labute approximate surface area is 122 Å². The largest absolute Gasteiger partial charge is 0.496 e. The molecule has 5 heteroatoms. The van der Waals surface area contributed by atoms with Gasteiger partial charge in [0.1, 0.15) is 11.5 Å². The molecule has 0 spiro atoms. The van der Waals surface area contributed by atoms with Crippen LogP contribution in [0.5, 0.6) is 11.5 Å². The Kier molecular flexibility index (Phi) is 5.48. The first-order chi connectivity index (χ1) is 9.24. The zero-order valence-corrected chi connectivity index (χ0v) is 12.9. The third-order valence-corrected chi connectivity index (χ3v) is 3.74. The maximum absolute atomic E-state index is 5.78. The van der Waals surface area contributed by atoms with Gasteiger partial charge in [-0.15, -0.1) is 0 Å². The Hall–Kier alpha value is -0.780. The first kappa shape index (κ1) is 14.6. The maximum atomic E-state index is 5.78. The van der Waals surface area contributed by atoms with Gasteiger partial charge in [-0.25, -0.2) is 0 Å². The lowest BCUT2D eigenvalue weighted by molar-refractivity contribution is -0.169. The third kappa shape index (κ3) is 3.84. The average molecular weight is 331 g/mol. The molecule has 1 aliphatic heterocycles. The van der Waals surface area contributed by atoms with Crippen LogP contribution in [-0.4, -0.2) is 27.1 Å². The highest BCUT2D eigenvalue weighted by Crippen LogP contribution is 2.33. The first-order valence-electron chi connectivity index (χ1n) is 6.38. The predicted molar refractivity (Wildman–Crippen MR) is 75.6 cm³/mol. The van der Waals surface area contributed by atoms with Crippen LogP contribution in [0, 0.1) is 0 Å². The summed E-state index contributed by atoms with van der Waals surface area (Å²) in [5.74, 6) is 1.55. The van der Waals surface area contributed by atoms with Gasteiger partial charge in [0, 0.05) is 12.2 Å². The van der Waals surface area contributed by atoms with E-state index in [1.165, 1.54) is 0 Å². The molecule has 19 heavy (non-hydrogen) atoms. The Balaban J connectivity index is 2.05. The second-order valence-electron chi connectivity index (χ2n) is 4.41. The summed E-state index contributed by atoms with van der Waals surface area (Å²) in [7, 11) is 3.29. The summed E-state index contributed by atoms with van der Waals surface area (Å²) in [6, 6.07) is 3.81. The molecular formula is C14H19BrO4. The van der Waals surface area contributed by atoms with Crippen molar-refractivity contribution in [2.24, 2.45) is 0 Å². The Morgan fingerprint density at radius 2 is 2.00 bits per heavy atom. The van der Waals surface area contributed by atoms with Crippen molar-refractivity contribution in [3.05, 3.63) is 22.2 Å². The molecule has 4 nitrogen and oxygen atoms in total. The Bertz CT molecular complexity index is 416. The van der Waals surface area contributed by atoms with Gasteiger partial charge >= 0.3 is 0 Å². The molecule has 106 valence electrons. The van der Waals surface area contributed by atoms with E-state index in [1.807, 2.05) is 12.1 Å². The molecule has 1 aromatic carbocycles. The van der Waals surface area contributed by atoms with Crippen LogP contribution >= 0.6 is 15.9 Å². The summed E-state index contributed by atoms with van der Waals surface area (Å²) < 4.78 is 22.8. The number of benzene rings is 1. The molecule has 2 rings (SSSR count). The van der Waals surface area contributed by atoms with Crippen molar-refractivity contribution in [3.63, 3.8) is 0 Å². The van der Waals surface area contributed by atoms with Crippen LogP contribution in [0.15, 0.2) is 16.6 Å². The van der Waals surface area contributed by atoms with Gasteiger partial charge in [0.05, 0.1) is 25.3 Å². The number of halogens is 1. The summed E-state index contributed by atoms with van der Waals surface area (Å²) in [6.45, 7) is 1.24. The summed E-state index contributed by atoms with van der Waals surface area (Å²) in [5, 5.41) is 0. The summed E-state index contributed by atoms with van der Waals surface area (Å²) in [6.07, 6.45) is 3.13. The Morgan fingerprint density at radius 3 is 2.63 bits per heavy atom. The molecule has 1 saturated heterocycles. The van der Waals surface area contributed by atoms with Crippen LogP contribution in [0.3, 0.4) is 0 Å². The van der Waals surface area contributed by atoms with E-state index in [0.29, 0.717) is 6.61 Å². The van der Waals surface area contributed by atoms with E-state index in [0.717, 1.165) is 47.4 Å². The zero-order chi connectivity index (χ0) is 13.7. The molecule has 1 fully saturated rings. The third-order valence-electron chi connectivity index (χ3n) is 3.12. The van der Waals surface area contributed by atoms with Crippen molar-refractivity contribution in [1.82, 2.24) is 0 Å². The number of hydrogen-bond acceptors (Lipinski definition) is 4. The van der Waals surface area contributed by atoms with Crippen LogP contribution in [0.4, 0.5) is 0 Å². The van der Waals surface area contributed by atoms with E-state index in [9.17, 15) is 0 Å². The van der Waals surface area contributed by atoms with Gasteiger partial charge in [-0.05, 0) is 47.3 Å². The van der Waals surface area contributed by atoms with E-state index in [4.69, 9.17) is 18.9 Å². The lowest BCUT2D eigenvalue weighted by Crippen LogP contribution is -2.22. The van der Waals surface area contributed by atoms with E-state index in [-0.39, 0.29) is 6.29 Å². The average Bonchev–Trinajstić information content (AvgIpc) is 2.46. The monoisotopic (exact) mass is 330 g/mol. The predicted octanol–water partition coefficient (Wildman–Crippen LogP) is 3.51. The highest BCUT2D eigenvalue weighted by atomic mass is 79.9. The molecule has 0 aromatic heterocycles. The fourth-order valence-corrected chi connectivity index (χ4v) is 2.55. The molecule has 0 amide bonds. The molecule has 0 saturated carbocycles. The maximum Gasteiger partial charge on any atom is 0.158 e. The molecule has 0 N–H and O–H groups in total. The molecule has 0 aliphatic carbocycles. The van der Waals surface area contributed by atoms with E-state index < -0.39 is 0 Å². The van der Waals surface area contributed by atoms with Crippen molar-refractivity contribution in [1.29, 1.82) is 0 Å². The number of rotatable bonds is 5. The van der Waals surface area contributed by atoms with Crippen molar-refractivity contribution in [2.75, 3.05) is 20.8 Å². The van der Waals surface area contributed by atoms with Crippen molar-refractivity contribution < 1.29 is 18.9 Å². The van der Waals surface area contributed by atoms with Crippen LogP contribution < -0.4 is 9.47 Å². The lowest BCUT2D eigenvalue weighted by Gasteiger charge is -2.23. The normalized spacial score (nSPS) is 19.2. The quantitative estimate of drug-likeness (QED) is 0.827. The highest BCUT2D eigenvalue weighted by Gasteiger charge is 2.16. The van der Waals surface area contributed by atoms with E-state index >= 15 is 0 Å².